The number of rotatable bonds is 4. The molecule has 0 amide bonds. The van der Waals surface area contributed by atoms with Crippen molar-refractivity contribution >= 4 is 27.3 Å². The second kappa shape index (κ2) is 5.03. The molecular formula is C10H15ClN2O2S. The van der Waals surface area contributed by atoms with Crippen molar-refractivity contribution in [1.29, 1.82) is 0 Å². The monoisotopic (exact) mass is 262 g/mol. The maximum atomic E-state index is 11.7. The highest BCUT2D eigenvalue weighted by molar-refractivity contribution is 7.92. The van der Waals surface area contributed by atoms with Gasteiger partial charge in [-0.1, -0.05) is 17.7 Å². The molecule has 4 nitrogen and oxygen atoms in total. The van der Waals surface area contributed by atoms with Gasteiger partial charge in [0.1, 0.15) is 0 Å². The normalized spacial score (nSPS) is 11.5. The van der Waals surface area contributed by atoms with Crippen molar-refractivity contribution in [2.24, 2.45) is 5.73 Å². The summed E-state index contributed by atoms with van der Waals surface area (Å²) in [5, 5.41) is 0.548. The number of sulfonamides is 1. The third kappa shape index (κ3) is 2.87. The number of hydrogen-bond acceptors (Lipinski definition) is 3. The van der Waals surface area contributed by atoms with Crippen LogP contribution in [-0.4, -0.2) is 27.8 Å². The molecule has 16 heavy (non-hydrogen) atoms. The minimum absolute atomic E-state index is 0.0744. The van der Waals surface area contributed by atoms with Crippen LogP contribution in [0.25, 0.3) is 0 Å². The summed E-state index contributed by atoms with van der Waals surface area (Å²) in [6, 6.07) is 5.13. The van der Waals surface area contributed by atoms with E-state index in [9.17, 15) is 8.42 Å². The minimum Gasteiger partial charge on any atom is -0.329 e. The second-order valence-corrected chi connectivity index (χ2v) is 6.03. The van der Waals surface area contributed by atoms with Crippen LogP contribution in [-0.2, 0) is 10.0 Å². The van der Waals surface area contributed by atoms with Crippen LogP contribution in [0.15, 0.2) is 18.2 Å². The summed E-state index contributed by atoms with van der Waals surface area (Å²) in [6.07, 6.45) is 0. The number of aryl methyl sites for hydroxylation is 1. The third-order valence-corrected chi connectivity index (χ3v) is 4.52. The molecule has 0 heterocycles. The summed E-state index contributed by atoms with van der Waals surface area (Å²) in [6.45, 7) is 1.97. The van der Waals surface area contributed by atoms with Crippen LogP contribution in [0.2, 0.25) is 5.02 Å². The first-order valence-corrected chi connectivity index (χ1v) is 6.80. The summed E-state index contributed by atoms with van der Waals surface area (Å²) >= 11 is 5.94. The standard InChI is InChI=1S/C10H15ClN2O2S/c1-8-3-4-9(7-10(8)11)13(2)16(14,15)6-5-12/h3-4,7H,5-6,12H2,1-2H3. The molecule has 0 bridgehead atoms. The van der Waals surface area contributed by atoms with Crippen LogP contribution in [0.3, 0.4) is 0 Å². The van der Waals surface area contributed by atoms with Gasteiger partial charge in [0.25, 0.3) is 0 Å². The highest BCUT2D eigenvalue weighted by Gasteiger charge is 2.17. The summed E-state index contributed by atoms with van der Waals surface area (Å²) in [5.74, 6) is -0.0744. The molecule has 0 aliphatic heterocycles. The smallest absolute Gasteiger partial charge is 0.236 e. The maximum absolute atomic E-state index is 11.7. The minimum atomic E-state index is -3.34. The Balaban J connectivity index is 3.05. The molecule has 0 spiro atoms. The average Bonchev–Trinajstić information content (AvgIpc) is 2.21. The molecule has 1 aromatic carbocycles. The molecule has 6 heteroatoms. The number of halogens is 1. The van der Waals surface area contributed by atoms with E-state index in [1.54, 1.807) is 18.2 Å². The SMILES string of the molecule is Cc1ccc(N(C)S(=O)(=O)CCN)cc1Cl. The van der Waals surface area contributed by atoms with Crippen LogP contribution in [0, 0.1) is 6.92 Å². The van der Waals surface area contributed by atoms with E-state index < -0.39 is 10.0 Å². The Kier molecular flexibility index (Phi) is 4.18. The third-order valence-electron chi connectivity index (χ3n) is 2.31. The number of nitrogens with two attached hydrogens (primary N) is 1. The van der Waals surface area contributed by atoms with E-state index in [1.165, 1.54) is 11.4 Å². The van der Waals surface area contributed by atoms with Gasteiger partial charge in [-0.05, 0) is 24.6 Å². The van der Waals surface area contributed by atoms with Crippen LogP contribution in [0.4, 0.5) is 5.69 Å². The van der Waals surface area contributed by atoms with Gasteiger partial charge in [0, 0.05) is 18.6 Å². The topological polar surface area (TPSA) is 63.4 Å². The lowest BCUT2D eigenvalue weighted by atomic mass is 10.2. The Morgan fingerprint density at radius 2 is 2.06 bits per heavy atom. The van der Waals surface area contributed by atoms with Gasteiger partial charge in [-0.2, -0.15) is 0 Å². The van der Waals surface area contributed by atoms with E-state index in [-0.39, 0.29) is 12.3 Å². The average molecular weight is 263 g/mol. The van der Waals surface area contributed by atoms with Crippen molar-refractivity contribution in [3.63, 3.8) is 0 Å². The summed E-state index contributed by atoms with van der Waals surface area (Å²) in [7, 11) is -1.85. The van der Waals surface area contributed by atoms with Crippen LogP contribution in [0.1, 0.15) is 5.56 Å². The van der Waals surface area contributed by atoms with E-state index in [4.69, 9.17) is 17.3 Å². The van der Waals surface area contributed by atoms with Gasteiger partial charge in [-0.25, -0.2) is 8.42 Å². The molecule has 0 unspecified atom stereocenters. The van der Waals surface area contributed by atoms with E-state index in [0.717, 1.165) is 5.56 Å². The Morgan fingerprint density at radius 1 is 1.44 bits per heavy atom. The van der Waals surface area contributed by atoms with Crippen LogP contribution < -0.4 is 10.0 Å². The van der Waals surface area contributed by atoms with Crippen molar-refractivity contribution in [2.75, 3.05) is 23.7 Å². The van der Waals surface area contributed by atoms with Crippen LogP contribution >= 0.6 is 11.6 Å². The van der Waals surface area contributed by atoms with E-state index >= 15 is 0 Å². The highest BCUT2D eigenvalue weighted by atomic mass is 35.5. The van der Waals surface area contributed by atoms with Gasteiger partial charge in [0.05, 0.1) is 11.4 Å². The first kappa shape index (κ1) is 13.3. The highest BCUT2D eigenvalue weighted by Crippen LogP contribution is 2.23. The molecule has 0 aliphatic carbocycles. The number of hydrogen-bond donors (Lipinski definition) is 1. The summed E-state index contributed by atoms with van der Waals surface area (Å²) < 4.78 is 24.7. The summed E-state index contributed by atoms with van der Waals surface area (Å²) in [4.78, 5) is 0. The Hall–Kier alpha value is -0.780. The fourth-order valence-corrected chi connectivity index (χ4v) is 2.41. The number of benzene rings is 1. The molecule has 0 atom stereocenters. The number of anilines is 1. The molecule has 1 rings (SSSR count). The molecule has 0 saturated heterocycles. The van der Waals surface area contributed by atoms with Gasteiger partial charge in [0.2, 0.25) is 10.0 Å². The van der Waals surface area contributed by atoms with Crippen molar-refractivity contribution in [3.8, 4) is 0 Å². The quantitative estimate of drug-likeness (QED) is 0.892. The van der Waals surface area contributed by atoms with Crippen molar-refractivity contribution < 1.29 is 8.42 Å². The molecule has 0 aliphatic rings. The zero-order valence-corrected chi connectivity index (χ0v) is 10.8. The molecule has 1 aromatic rings. The van der Waals surface area contributed by atoms with Gasteiger partial charge >= 0.3 is 0 Å². The van der Waals surface area contributed by atoms with E-state index in [2.05, 4.69) is 0 Å². The lowest BCUT2D eigenvalue weighted by molar-refractivity contribution is 0.594. The number of nitrogens with zero attached hydrogens (tertiary/aromatic N) is 1. The second-order valence-electron chi connectivity index (χ2n) is 3.51. The maximum Gasteiger partial charge on any atom is 0.236 e. The molecular weight excluding hydrogens is 248 g/mol. The van der Waals surface area contributed by atoms with Gasteiger partial charge in [-0.3, -0.25) is 4.31 Å². The first-order chi connectivity index (χ1) is 7.38. The fraction of sp³-hybridized carbons (Fsp3) is 0.400. The predicted octanol–water partition coefficient (Wildman–Crippen LogP) is 1.37. The van der Waals surface area contributed by atoms with E-state index in [0.29, 0.717) is 10.7 Å². The predicted molar refractivity (Wildman–Crippen MR) is 67.4 cm³/mol. The zero-order chi connectivity index (χ0) is 12.3. The first-order valence-electron chi connectivity index (χ1n) is 4.81. The largest absolute Gasteiger partial charge is 0.329 e. The Labute approximate surface area is 101 Å². The van der Waals surface area contributed by atoms with Crippen molar-refractivity contribution in [1.82, 2.24) is 0 Å². The van der Waals surface area contributed by atoms with Gasteiger partial charge < -0.3 is 5.73 Å². The van der Waals surface area contributed by atoms with E-state index in [1.807, 2.05) is 6.92 Å². The molecule has 0 fully saturated rings. The van der Waals surface area contributed by atoms with Crippen molar-refractivity contribution in [2.45, 2.75) is 6.92 Å². The molecule has 90 valence electrons. The zero-order valence-electron chi connectivity index (χ0n) is 9.27. The molecule has 0 radical (unpaired) electrons. The lowest BCUT2D eigenvalue weighted by Crippen LogP contribution is -2.31. The van der Waals surface area contributed by atoms with Gasteiger partial charge in [-0.15, -0.1) is 0 Å². The van der Waals surface area contributed by atoms with Crippen LogP contribution in [0.5, 0.6) is 0 Å². The molecule has 0 saturated carbocycles. The van der Waals surface area contributed by atoms with Gasteiger partial charge in [0.15, 0.2) is 0 Å². The Morgan fingerprint density at radius 3 is 2.56 bits per heavy atom. The summed E-state index contributed by atoms with van der Waals surface area (Å²) in [5.41, 5.74) is 6.71. The molecule has 2 N–H and O–H groups in total. The Bertz CT molecular complexity index is 474. The molecule has 0 aromatic heterocycles. The fourth-order valence-electron chi connectivity index (χ4n) is 1.22. The lowest BCUT2D eigenvalue weighted by Gasteiger charge is -2.19. The van der Waals surface area contributed by atoms with Crippen molar-refractivity contribution in [3.05, 3.63) is 28.8 Å².